The normalized spacial score (nSPS) is 10.4. The van der Waals surface area contributed by atoms with Crippen molar-refractivity contribution >= 4 is 6.08 Å². The lowest BCUT2D eigenvalue weighted by Gasteiger charge is -2.02. The number of aryl methyl sites for hydroxylation is 2. The third-order valence-corrected chi connectivity index (χ3v) is 2.59. The van der Waals surface area contributed by atoms with Crippen LogP contribution < -0.4 is 0 Å². The molecule has 0 bridgehead atoms. The van der Waals surface area contributed by atoms with Crippen molar-refractivity contribution in [2.75, 3.05) is 0 Å². The highest BCUT2D eigenvalue weighted by molar-refractivity contribution is 5.34. The Kier molecular flexibility index (Phi) is 2.86. The average molecular weight is 214 g/mol. The van der Waals surface area contributed by atoms with E-state index in [2.05, 4.69) is 48.8 Å². The van der Waals surface area contributed by atoms with Crippen LogP contribution in [0.3, 0.4) is 0 Å². The van der Waals surface area contributed by atoms with Gasteiger partial charge in [-0.05, 0) is 36.6 Å². The number of hydrogen-bond donors (Lipinski definition) is 0. The highest BCUT2D eigenvalue weighted by Crippen LogP contribution is 2.12. The molecule has 0 saturated carbocycles. The van der Waals surface area contributed by atoms with Crippen molar-refractivity contribution in [2.45, 2.75) is 20.3 Å². The van der Waals surface area contributed by atoms with Gasteiger partial charge in [-0.25, -0.2) is 0 Å². The molecular weight excluding hydrogens is 200 g/mol. The second kappa shape index (κ2) is 4.31. The van der Waals surface area contributed by atoms with E-state index in [1.165, 1.54) is 16.7 Å². The van der Waals surface area contributed by atoms with Gasteiger partial charge in [0.05, 0.1) is 0 Å². The number of nitrogens with zero attached hydrogens (tertiary/aromatic N) is 2. The van der Waals surface area contributed by atoms with Crippen LogP contribution in [0.5, 0.6) is 0 Å². The molecule has 0 aliphatic heterocycles. The zero-order valence-corrected chi connectivity index (χ0v) is 9.53. The van der Waals surface area contributed by atoms with Crippen LogP contribution in [-0.2, 0) is 6.42 Å². The Morgan fingerprint density at radius 1 is 1.31 bits per heavy atom. The number of hydrogen-bond acceptors (Lipinski definition) is 3. The fourth-order valence-electron chi connectivity index (χ4n) is 1.52. The van der Waals surface area contributed by atoms with Crippen molar-refractivity contribution in [2.24, 2.45) is 0 Å². The van der Waals surface area contributed by atoms with Crippen molar-refractivity contribution in [3.05, 3.63) is 53.2 Å². The number of aromatic nitrogens is 2. The van der Waals surface area contributed by atoms with Gasteiger partial charge in [0.2, 0.25) is 5.89 Å². The molecule has 3 nitrogen and oxygen atoms in total. The van der Waals surface area contributed by atoms with Gasteiger partial charge in [-0.3, -0.25) is 0 Å². The summed E-state index contributed by atoms with van der Waals surface area (Å²) in [5.41, 5.74) is 3.77. The molecule has 1 aromatic heterocycles. The van der Waals surface area contributed by atoms with Crippen LogP contribution in [0.15, 0.2) is 29.3 Å². The van der Waals surface area contributed by atoms with E-state index in [1.807, 2.05) is 0 Å². The Morgan fingerprint density at radius 2 is 2.12 bits per heavy atom. The summed E-state index contributed by atoms with van der Waals surface area (Å²) in [6.07, 6.45) is 2.25. The van der Waals surface area contributed by atoms with Crippen LogP contribution in [0.2, 0.25) is 0 Å². The molecule has 0 aliphatic rings. The van der Waals surface area contributed by atoms with Crippen LogP contribution in [0.1, 0.15) is 28.4 Å². The van der Waals surface area contributed by atoms with Gasteiger partial charge < -0.3 is 4.52 Å². The minimum atomic E-state index is 0.471. The van der Waals surface area contributed by atoms with E-state index in [4.69, 9.17) is 4.52 Å². The van der Waals surface area contributed by atoms with E-state index in [0.717, 1.165) is 0 Å². The van der Waals surface area contributed by atoms with Crippen molar-refractivity contribution in [1.29, 1.82) is 0 Å². The monoisotopic (exact) mass is 214 g/mol. The molecular formula is C13H14N2O. The van der Waals surface area contributed by atoms with Crippen LogP contribution >= 0.6 is 0 Å². The van der Waals surface area contributed by atoms with Crippen molar-refractivity contribution in [1.82, 2.24) is 10.1 Å². The van der Waals surface area contributed by atoms with Gasteiger partial charge >= 0.3 is 0 Å². The number of benzene rings is 1. The van der Waals surface area contributed by atoms with E-state index in [1.54, 1.807) is 6.08 Å². The van der Waals surface area contributed by atoms with Gasteiger partial charge in [0.1, 0.15) is 0 Å². The topological polar surface area (TPSA) is 38.9 Å². The minimum absolute atomic E-state index is 0.471. The maximum Gasteiger partial charge on any atom is 0.250 e. The van der Waals surface area contributed by atoms with Gasteiger partial charge in [0.25, 0.3) is 0 Å². The van der Waals surface area contributed by atoms with Crippen LogP contribution in [0.25, 0.3) is 6.08 Å². The highest BCUT2D eigenvalue weighted by atomic mass is 16.5. The summed E-state index contributed by atoms with van der Waals surface area (Å²) in [5.74, 6) is 1.16. The van der Waals surface area contributed by atoms with Crippen LogP contribution in [0, 0.1) is 13.8 Å². The summed E-state index contributed by atoms with van der Waals surface area (Å²) in [6.45, 7) is 7.78. The first-order valence-corrected chi connectivity index (χ1v) is 5.20. The summed E-state index contributed by atoms with van der Waals surface area (Å²) in [5, 5.41) is 3.88. The molecule has 82 valence electrons. The van der Waals surface area contributed by atoms with Crippen molar-refractivity contribution in [3.8, 4) is 0 Å². The summed E-state index contributed by atoms with van der Waals surface area (Å²) in [7, 11) is 0. The van der Waals surface area contributed by atoms with Crippen LogP contribution in [-0.4, -0.2) is 10.1 Å². The quantitative estimate of drug-likeness (QED) is 0.788. The van der Waals surface area contributed by atoms with E-state index in [-0.39, 0.29) is 0 Å². The molecule has 0 N–H and O–H groups in total. The maximum atomic E-state index is 4.96. The first kappa shape index (κ1) is 10.6. The second-order valence-electron chi connectivity index (χ2n) is 3.85. The molecule has 2 aromatic rings. The smallest absolute Gasteiger partial charge is 0.250 e. The fraction of sp³-hybridized carbons (Fsp3) is 0.231. The zero-order valence-electron chi connectivity index (χ0n) is 9.53. The molecule has 0 fully saturated rings. The summed E-state index contributed by atoms with van der Waals surface area (Å²) >= 11 is 0. The summed E-state index contributed by atoms with van der Waals surface area (Å²) in [6, 6.07) is 6.35. The predicted octanol–water partition coefficient (Wildman–Crippen LogP) is 2.92. The standard InChI is InChI=1S/C13H14N2O/c1-4-13-14-12(15-16-13)8-11-6-5-9(2)10(3)7-11/h4-7H,1,8H2,2-3H3. The van der Waals surface area contributed by atoms with Gasteiger partial charge in [-0.15, -0.1) is 0 Å². The van der Waals surface area contributed by atoms with Crippen LogP contribution in [0.4, 0.5) is 0 Å². The largest absolute Gasteiger partial charge is 0.335 e. The summed E-state index contributed by atoms with van der Waals surface area (Å²) < 4.78 is 4.96. The van der Waals surface area contributed by atoms with E-state index >= 15 is 0 Å². The Labute approximate surface area is 94.8 Å². The molecule has 16 heavy (non-hydrogen) atoms. The molecule has 0 amide bonds. The Balaban J connectivity index is 2.20. The second-order valence-corrected chi connectivity index (χ2v) is 3.85. The van der Waals surface area contributed by atoms with E-state index in [9.17, 15) is 0 Å². The Morgan fingerprint density at radius 3 is 2.75 bits per heavy atom. The van der Waals surface area contributed by atoms with E-state index < -0.39 is 0 Å². The highest BCUT2D eigenvalue weighted by Gasteiger charge is 2.05. The van der Waals surface area contributed by atoms with Gasteiger partial charge in [-0.2, -0.15) is 4.98 Å². The third kappa shape index (κ3) is 2.19. The molecule has 1 heterocycles. The van der Waals surface area contributed by atoms with Gasteiger partial charge in [0.15, 0.2) is 5.82 Å². The SMILES string of the molecule is C=Cc1nc(Cc2ccc(C)c(C)c2)no1. The van der Waals surface area contributed by atoms with Crippen molar-refractivity contribution < 1.29 is 4.52 Å². The lowest BCUT2D eigenvalue weighted by molar-refractivity contribution is 0.404. The molecule has 3 heteroatoms. The Hall–Kier alpha value is -1.90. The molecule has 2 rings (SSSR count). The van der Waals surface area contributed by atoms with Crippen molar-refractivity contribution in [3.63, 3.8) is 0 Å². The molecule has 0 unspecified atom stereocenters. The van der Waals surface area contributed by atoms with Gasteiger partial charge in [-0.1, -0.05) is 29.9 Å². The average Bonchev–Trinajstić information content (AvgIpc) is 2.71. The molecule has 0 aliphatic carbocycles. The van der Waals surface area contributed by atoms with Gasteiger partial charge in [0, 0.05) is 6.42 Å². The third-order valence-electron chi connectivity index (χ3n) is 2.59. The zero-order chi connectivity index (χ0) is 11.5. The fourth-order valence-corrected chi connectivity index (χ4v) is 1.52. The molecule has 1 aromatic carbocycles. The minimum Gasteiger partial charge on any atom is -0.335 e. The van der Waals surface area contributed by atoms with E-state index in [0.29, 0.717) is 18.1 Å². The number of rotatable bonds is 3. The Bertz CT molecular complexity index is 514. The maximum absolute atomic E-state index is 4.96. The molecule has 0 radical (unpaired) electrons. The molecule has 0 saturated heterocycles. The predicted molar refractivity (Wildman–Crippen MR) is 63.1 cm³/mol. The summed E-state index contributed by atoms with van der Waals surface area (Å²) in [4.78, 5) is 4.18. The first-order chi connectivity index (χ1) is 7.69. The lowest BCUT2D eigenvalue weighted by Crippen LogP contribution is -1.92. The molecule has 0 atom stereocenters. The molecule has 0 spiro atoms. The lowest BCUT2D eigenvalue weighted by atomic mass is 10.0. The first-order valence-electron chi connectivity index (χ1n) is 5.20.